The van der Waals surface area contributed by atoms with Gasteiger partial charge in [-0.15, -0.1) is 11.3 Å². The number of aromatic nitrogens is 2. The smallest absolute Gasteiger partial charge is 0.225 e. The van der Waals surface area contributed by atoms with Gasteiger partial charge in [-0.1, -0.05) is 36.8 Å². The van der Waals surface area contributed by atoms with E-state index in [4.69, 9.17) is 11.6 Å². The minimum absolute atomic E-state index is 0.294. The largest absolute Gasteiger partial charge is 0.370 e. The Morgan fingerprint density at radius 1 is 1.14 bits per heavy atom. The fourth-order valence-corrected chi connectivity index (χ4v) is 3.94. The highest BCUT2D eigenvalue weighted by Crippen LogP contribution is 2.41. The van der Waals surface area contributed by atoms with Crippen molar-refractivity contribution >= 4 is 39.0 Å². The third-order valence-corrected chi connectivity index (χ3v) is 5.00. The molecule has 22 heavy (non-hydrogen) atoms. The summed E-state index contributed by atoms with van der Waals surface area (Å²) in [6.45, 7) is 7.13. The van der Waals surface area contributed by atoms with Crippen LogP contribution in [-0.4, -0.2) is 16.5 Å². The molecule has 5 heteroatoms. The van der Waals surface area contributed by atoms with Gasteiger partial charge in [-0.25, -0.2) is 9.97 Å². The van der Waals surface area contributed by atoms with Crippen LogP contribution >= 0.6 is 22.9 Å². The zero-order valence-corrected chi connectivity index (χ0v) is 14.5. The van der Waals surface area contributed by atoms with Crippen LogP contribution in [0.1, 0.15) is 24.3 Å². The van der Waals surface area contributed by atoms with Gasteiger partial charge >= 0.3 is 0 Å². The number of anilines is 1. The lowest BCUT2D eigenvalue weighted by atomic mass is 10.0. The second-order valence-electron chi connectivity index (χ2n) is 5.17. The summed E-state index contributed by atoms with van der Waals surface area (Å²) in [5.74, 6) is 0.823. The fraction of sp³-hybridized carbons (Fsp3) is 0.294. The number of nitrogens with zero attached hydrogens (tertiary/aromatic N) is 2. The maximum absolute atomic E-state index is 6.08. The van der Waals surface area contributed by atoms with Gasteiger partial charge in [0.05, 0.1) is 5.39 Å². The topological polar surface area (TPSA) is 37.8 Å². The van der Waals surface area contributed by atoms with Crippen LogP contribution in [0.4, 0.5) is 5.82 Å². The highest BCUT2D eigenvalue weighted by molar-refractivity contribution is 7.19. The van der Waals surface area contributed by atoms with Crippen LogP contribution in [0.2, 0.25) is 5.28 Å². The van der Waals surface area contributed by atoms with E-state index in [1.54, 1.807) is 11.3 Å². The van der Waals surface area contributed by atoms with Crippen LogP contribution in [0.25, 0.3) is 21.3 Å². The quantitative estimate of drug-likeness (QED) is 0.658. The molecule has 3 rings (SSSR count). The van der Waals surface area contributed by atoms with Gasteiger partial charge in [0.25, 0.3) is 0 Å². The van der Waals surface area contributed by atoms with Gasteiger partial charge in [0, 0.05) is 17.0 Å². The van der Waals surface area contributed by atoms with Crippen LogP contribution in [0, 0.1) is 6.92 Å². The standard InChI is InChI=1S/C17H18ClN3S/c1-4-12-13(11-8-6-10(3)7-9-11)14-15(19-5-2)20-17(18)21-16(14)22-12/h6-9H,4-5H2,1-3H3,(H,19,20,21). The Labute approximate surface area is 139 Å². The lowest BCUT2D eigenvalue weighted by molar-refractivity contribution is 1.14. The number of fused-ring (bicyclic) bond motifs is 1. The molecule has 3 aromatic rings. The summed E-state index contributed by atoms with van der Waals surface area (Å²) in [5, 5.41) is 4.70. The Kier molecular flexibility index (Phi) is 4.32. The lowest BCUT2D eigenvalue weighted by Gasteiger charge is -2.08. The van der Waals surface area contributed by atoms with Crippen molar-refractivity contribution < 1.29 is 0 Å². The number of thiophene rings is 1. The SMILES string of the molecule is CCNc1nc(Cl)nc2sc(CC)c(-c3ccc(C)cc3)c12. The molecule has 0 unspecified atom stereocenters. The Balaban J connectivity index is 2.33. The zero-order valence-electron chi connectivity index (χ0n) is 12.9. The average Bonchev–Trinajstić information content (AvgIpc) is 2.86. The monoisotopic (exact) mass is 331 g/mol. The molecule has 0 aliphatic rings. The first-order chi connectivity index (χ1) is 10.6. The van der Waals surface area contributed by atoms with Crippen molar-refractivity contribution in [1.82, 2.24) is 9.97 Å². The van der Waals surface area contributed by atoms with E-state index in [2.05, 4.69) is 60.3 Å². The lowest BCUT2D eigenvalue weighted by Crippen LogP contribution is -2.01. The molecule has 0 radical (unpaired) electrons. The molecular formula is C17H18ClN3S. The predicted octanol–water partition coefficient (Wildman–Crippen LogP) is 5.31. The molecule has 1 N–H and O–H groups in total. The summed E-state index contributed by atoms with van der Waals surface area (Å²) in [4.78, 5) is 11.1. The summed E-state index contributed by atoms with van der Waals surface area (Å²) < 4.78 is 0. The maximum Gasteiger partial charge on any atom is 0.225 e. The van der Waals surface area contributed by atoms with E-state index >= 15 is 0 Å². The van der Waals surface area contributed by atoms with E-state index < -0.39 is 0 Å². The van der Waals surface area contributed by atoms with Gasteiger partial charge in [-0.3, -0.25) is 0 Å². The Morgan fingerprint density at radius 3 is 2.50 bits per heavy atom. The van der Waals surface area contributed by atoms with Crippen LogP contribution in [0.3, 0.4) is 0 Å². The summed E-state index contributed by atoms with van der Waals surface area (Å²) in [5.41, 5.74) is 3.70. The molecule has 0 fully saturated rings. The van der Waals surface area contributed by atoms with Gasteiger partial charge < -0.3 is 5.32 Å². The predicted molar refractivity (Wildman–Crippen MR) is 96.1 cm³/mol. The molecule has 0 aliphatic carbocycles. The van der Waals surface area contributed by atoms with Crippen LogP contribution in [0.15, 0.2) is 24.3 Å². The van der Waals surface area contributed by atoms with Gasteiger partial charge in [-0.05, 0) is 37.4 Å². The number of hydrogen-bond acceptors (Lipinski definition) is 4. The summed E-state index contributed by atoms with van der Waals surface area (Å²) in [6.07, 6.45) is 0.966. The second kappa shape index (κ2) is 6.23. The number of aryl methyl sites for hydroxylation is 2. The molecule has 0 amide bonds. The Hall–Kier alpha value is -1.65. The molecule has 0 saturated carbocycles. The zero-order chi connectivity index (χ0) is 15.7. The number of halogens is 1. The summed E-state index contributed by atoms with van der Waals surface area (Å²) >= 11 is 7.78. The van der Waals surface area contributed by atoms with E-state index in [1.165, 1.54) is 21.6 Å². The van der Waals surface area contributed by atoms with Crippen molar-refractivity contribution in [2.24, 2.45) is 0 Å². The molecule has 0 saturated heterocycles. The number of nitrogens with one attached hydrogen (secondary N) is 1. The van der Waals surface area contributed by atoms with Gasteiger partial charge in [0.15, 0.2) is 0 Å². The Morgan fingerprint density at radius 2 is 1.86 bits per heavy atom. The van der Waals surface area contributed by atoms with E-state index in [0.717, 1.165) is 29.0 Å². The average molecular weight is 332 g/mol. The molecule has 2 heterocycles. The Bertz CT molecular complexity index is 809. The van der Waals surface area contributed by atoms with Crippen LogP contribution in [0.5, 0.6) is 0 Å². The molecule has 3 nitrogen and oxygen atoms in total. The van der Waals surface area contributed by atoms with Gasteiger partial charge in [0.2, 0.25) is 5.28 Å². The van der Waals surface area contributed by atoms with Crippen molar-refractivity contribution in [2.75, 3.05) is 11.9 Å². The molecule has 0 bridgehead atoms. The summed E-state index contributed by atoms with van der Waals surface area (Å²) in [7, 11) is 0. The third kappa shape index (κ3) is 2.69. The first-order valence-corrected chi connectivity index (χ1v) is 8.63. The molecule has 0 atom stereocenters. The van der Waals surface area contributed by atoms with Crippen molar-refractivity contribution in [3.05, 3.63) is 40.0 Å². The second-order valence-corrected chi connectivity index (χ2v) is 6.59. The minimum atomic E-state index is 0.294. The van der Waals surface area contributed by atoms with Crippen molar-refractivity contribution in [3.63, 3.8) is 0 Å². The van der Waals surface area contributed by atoms with Crippen molar-refractivity contribution in [2.45, 2.75) is 27.2 Å². The van der Waals surface area contributed by atoms with Crippen molar-refractivity contribution in [1.29, 1.82) is 0 Å². The fourth-order valence-electron chi connectivity index (χ4n) is 2.59. The summed E-state index contributed by atoms with van der Waals surface area (Å²) in [6, 6.07) is 8.62. The highest BCUT2D eigenvalue weighted by atomic mass is 35.5. The first-order valence-electron chi connectivity index (χ1n) is 7.43. The molecular weight excluding hydrogens is 314 g/mol. The minimum Gasteiger partial charge on any atom is -0.370 e. The van der Waals surface area contributed by atoms with Crippen LogP contribution in [-0.2, 0) is 6.42 Å². The molecule has 0 spiro atoms. The van der Waals surface area contributed by atoms with Crippen molar-refractivity contribution in [3.8, 4) is 11.1 Å². The normalized spacial score (nSPS) is 11.1. The number of hydrogen-bond donors (Lipinski definition) is 1. The first kappa shape index (κ1) is 15.3. The molecule has 0 aliphatic heterocycles. The third-order valence-electron chi connectivity index (χ3n) is 3.60. The highest BCUT2D eigenvalue weighted by Gasteiger charge is 2.18. The van der Waals surface area contributed by atoms with Gasteiger partial charge in [0.1, 0.15) is 10.6 Å². The number of benzene rings is 1. The van der Waals surface area contributed by atoms with Gasteiger partial charge in [-0.2, -0.15) is 0 Å². The maximum atomic E-state index is 6.08. The number of rotatable bonds is 4. The van der Waals surface area contributed by atoms with Crippen LogP contribution < -0.4 is 5.32 Å². The van der Waals surface area contributed by atoms with E-state index in [9.17, 15) is 0 Å². The van der Waals surface area contributed by atoms with E-state index in [0.29, 0.717) is 5.28 Å². The van der Waals surface area contributed by atoms with E-state index in [-0.39, 0.29) is 0 Å². The molecule has 114 valence electrons. The molecule has 1 aromatic carbocycles. The van der Waals surface area contributed by atoms with E-state index in [1.807, 2.05) is 0 Å². The molecule has 2 aromatic heterocycles.